The van der Waals surface area contributed by atoms with Crippen molar-refractivity contribution >= 4 is 11.6 Å². The van der Waals surface area contributed by atoms with E-state index in [9.17, 15) is 18.0 Å². The fraction of sp³-hybridized carbons (Fsp3) is 0.333. The minimum atomic E-state index is -4.46. The van der Waals surface area contributed by atoms with Crippen LogP contribution in [-0.2, 0) is 25.7 Å². The van der Waals surface area contributed by atoms with Crippen molar-refractivity contribution in [3.8, 4) is 11.5 Å². The molecule has 3 aromatic heterocycles. The summed E-state index contributed by atoms with van der Waals surface area (Å²) in [6.07, 6.45) is -1.44. The first-order chi connectivity index (χ1) is 17.2. The van der Waals surface area contributed by atoms with Crippen molar-refractivity contribution < 1.29 is 22.6 Å². The zero-order valence-corrected chi connectivity index (χ0v) is 19.6. The van der Waals surface area contributed by atoms with Crippen LogP contribution < -0.4 is 20.1 Å². The quantitative estimate of drug-likeness (QED) is 0.402. The topological polar surface area (TPSA) is 86.8 Å². The normalized spacial score (nSPS) is 13.6. The molecular formula is C24H23F3N6O3. The standard InChI is InChI=1S/C24H23F3N6O3/c1-15-13-32-22(30-33(23(32)34)9-10-36-19-5-3-18(35-2)4-6-19)29-21(15)31-8-7-20-16(14-31)11-17(12-28-20)24(25,26)27/h3-6,11-13H,7-10,14H2,1-2H3. The Morgan fingerprint density at radius 2 is 1.89 bits per heavy atom. The van der Waals surface area contributed by atoms with E-state index in [0.717, 1.165) is 12.3 Å². The Morgan fingerprint density at radius 1 is 1.14 bits per heavy atom. The van der Waals surface area contributed by atoms with Crippen molar-refractivity contribution in [1.29, 1.82) is 0 Å². The van der Waals surface area contributed by atoms with Crippen molar-refractivity contribution in [2.24, 2.45) is 0 Å². The maximum Gasteiger partial charge on any atom is 0.417 e. The molecule has 1 aromatic carbocycles. The van der Waals surface area contributed by atoms with Crippen LogP contribution in [0.15, 0.2) is 47.5 Å². The molecule has 0 spiro atoms. The van der Waals surface area contributed by atoms with E-state index in [2.05, 4.69) is 15.1 Å². The molecule has 36 heavy (non-hydrogen) atoms. The molecule has 0 N–H and O–H groups in total. The summed E-state index contributed by atoms with van der Waals surface area (Å²) in [5.41, 5.74) is 0.743. The van der Waals surface area contributed by atoms with Crippen molar-refractivity contribution in [1.82, 2.24) is 24.1 Å². The molecule has 9 nitrogen and oxygen atoms in total. The van der Waals surface area contributed by atoms with Gasteiger partial charge < -0.3 is 14.4 Å². The first kappa shape index (κ1) is 23.6. The summed E-state index contributed by atoms with van der Waals surface area (Å²) in [6.45, 7) is 3.01. The van der Waals surface area contributed by atoms with Crippen LogP contribution in [0.4, 0.5) is 19.0 Å². The number of halogens is 3. The number of hydrogen-bond acceptors (Lipinski definition) is 7. The Morgan fingerprint density at radius 3 is 2.61 bits per heavy atom. The van der Waals surface area contributed by atoms with Gasteiger partial charge in [-0.25, -0.2) is 13.9 Å². The highest BCUT2D eigenvalue weighted by molar-refractivity contribution is 5.52. The molecular weight excluding hydrogens is 477 g/mol. The first-order valence-electron chi connectivity index (χ1n) is 11.3. The molecule has 0 saturated carbocycles. The number of methoxy groups -OCH3 is 1. The third-order valence-electron chi connectivity index (χ3n) is 6.03. The van der Waals surface area contributed by atoms with E-state index in [1.54, 1.807) is 44.5 Å². The summed E-state index contributed by atoms with van der Waals surface area (Å²) in [5.74, 6) is 2.12. The van der Waals surface area contributed by atoms with Crippen LogP contribution in [0.25, 0.3) is 5.78 Å². The number of pyridine rings is 1. The van der Waals surface area contributed by atoms with Crippen LogP contribution in [-0.4, -0.2) is 44.4 Å². The lowest BCUT2D eigenvalue weighted by Gasteiger charge is -2.30. The van der Waals surface area contributed by atoms with Crippen LogP contribution in [0.5, 0.6) is 11.5 Å². The Balaban J connectivity index is 1.34. The van der Waals surface area contributed by atoms with Crippen molar-refractivity contribution in [2.45, 2.75) is 32.6 Å². The van der Waals surface area contributed by atoms with Gasteiger partial charge in [-0.3, -0.25) is 4.98 Å². The van der Waals surface area contributed by atoms with Crippen molar-refractivity contribution in [2.75, 3.05) is 25.2 Å². The molecule has 0 aliphatic carbocycles. The van der Waals surface area contributed by atoms with Gasteiger partial charge in [-0.2, -0.15) is 18.2 Å². The summed E-state index contributed by atoms with van der Waals surface area (Å²) in [6, 6.07) is 8.24. The first-order valence-corrected chi connectivity index (χ1v) is 11.3. The molecule has 0 fully saturated rings. The third kappa shape index (κ3) is 4.58. The van der Waals surface area contributed by atoms with Gasteiger partial charge in [-0.1, -0.05) is 0 Å². The number of anilines is 1. The number of rotatable bonds is 6. The summed E-state index contributed by atoms with van der Waals surface area (Å²) in [5, 5.41) is 4.33. The molecule has 12 heteroatoms. The summed E-state index contributed by atoms with van der Waals surface area (Å²) < 4.78 is 52.9. The Labute approximate surface area is 203 Å². The van der Waals surface area contributed by atoms with Gasteiger partial charge in [-0.15, -0.1) is 5.10 Å². The van der Waals surface area contributed by atoms with Gasteiger partial charge in [0.25, 0.3) is 5.78 Å². The number of aryl methyl sites for hydroxylation is 1. The van der Waals surface area contributed by atoms with Crippen LogP contribution in [0.3, 0.4) is 0 Å². The number of ether oxygens (including phenoxy) is 2. The van der Waals surface area contributed by atoms with E-state index in [1.165, 1.54) is 9.08 Å². The van der Waals surface area contributed by atoms with Crippen molar-refractivity contribution in [3.63, 3.8) is 0 Å². The molecule has 0 radical (unpaired) electrons. The minimum absolute atomic E-state index is 0.206. The lowest BCUT2D eigenvalue weighted by molar-refractivity contribution is -0.137. The van der Waals surface area contributed by atoms with E-state index in [1.807, 2.05) is 4.90 Å². The largest absolute Gasteiger partial charge is 0.497 e. The highest BCUT2D eigenvalue weighted by atomic mass is 19.4. The van der Waals surface area contributed by atoms with Gasteiger partial charge >= 0.3 is 11.9 Å². The van der Waals surface area contributed by atoms with Gasteiger partial charge in [-0.05, 0) is 42.8 Å². The van der Waals surface area contributed by atoms with Crippen LogP contribution >= 0.6 is 0 Å². The van der Waals surface area contributed by atoms with Gasteiger partial charge in [0.1, 0.15) is 23.9 Å². The van der Waals surface area contributed by atoms with E-state index in [-0.39, 0.29) is 31.2 Å². The predicted octanol–water partition coefficient (Wildman–Crippen LogP) is 3.26. The molecule has 4 aromatic rings. The van der Waals surface area contributed by atoms with E-state index < -0.39 is 11.7 Å². The maximum atomic E-state index is 13.1. The average molecular weight is 500 g/mol. The smallest absolute Gasteiger partial charge is 0.417 e. The molecule has 0 amide bonds. The Hall–Kier alpha value is -4.09. The summed E-state index contributed by atoms with van der Waals surface area (Å²) in [7, 11) is 1.58. The number of benzene rings is 1. The Kier molecular flexibility index (Phi) is 6.02. The second kappa shape index (κ2) is 9.17. The van der Waals surface area contributed by atoms with Crippen LogP contribution in [0.1, 0.15) is 22.4 Å². The highest BCUT2D eigenvalue weighted by Gasteiger charge is 2.32. The summed E-state index contributed by atoms with van der Waals surface area (Å²) in [4.78, 5) is 23.3. The third-order valence-corrected chi connectivity index (χ3v) is 6.03. The fourth-order valence-corrected chi connectivity index (χ4v) is 4.18. The molecule has 0 saturated heterocycles. The molecule has 0 unspecified atom stereocenters. The van der Waals surface area contributed by atoms with Crippen LogP contribution in [0.2, 0.25) is 0 Å². The van der Waals surface area contributed by atoms with E-state index in [0.29, 0.717) is 47.1 Å². The zero-order valence-electron chi connectivity index (χ0n) is 19.6. The highest BCUT2D eigenvalue weighted by Crippen LogP contribution is 2.32. The molecule has 4 heterocycles. The fourth-order valence-electron chi connectivity index (χ4n) is 4.18. The number of alkyl halides is 3. The zero-order chi connectivity index (χ0) is 25.4. The number of nitrogens with zero attached hydrogens (tertiary/aromatic N) is 6. The lowest BCUT2D eigenvalue weighted by atomic mass is 10.0. The molecule has 5 rings (SSSR count). The van der Waals surface area contributed by atoms with E-state index >= 15 is 0 Å². The molecule has 188 valence electrons. The monoisotopic (exact) mass is 500 g/mol. The second-order valence-electron chi connectivity index (χ2n) is 8.45. The van der Waals surface area contributed by atoms with E-state index in [4.69, 9.17) is 9.47 Å². The van der Waals surface area contributed by atoms with Crippen LogP contribution in [0, 0.1) is 6.92 Å². The SMILES string of the molecule is COc1ccc(OCCn2nc3nc(N4CCc5ncc(C(F)(F)F)cc5C4)c(C)cn3c2=O)cc1. The second-order valence-corrected chi connectivity index (χ2v) is 8.45. The lowest BCUT2D eigenvalue weighted by Crippen LogP contribution is -2.33. The average Bonchev–Trinajstić information content (AvgIpc) is 3.17. The minimum Gasteiger partial charge on any atom is -0.497 e. The molecule has 1 aliphatic rings. The van der Waals surface area contributed by atoms with Gasteiger partial charge in [0.2, 0.25) is 0 Å². The predicted molar refractivity (Wildman–Crippen MR) is 124 cm³/mol. The maximum absolute atomic E-state index is 13.1. The summed E-state index contributed by atoms with van der Waals surface area (Å²) >= 11 is 0. The molecule has 0 atom stereocenters. The number of fused-ring (bicyclic) bond motifs is 2. The van der Waals surface area contributed by atoms with Gasteiger partial charge in [0.15, 0.2) is 0 Å². The number of aromatic nitrogens is 5. The van der Waals surface area contributed by atoms with Gasteiger partial charge in [0, 0.05) is 43.2 Å². The Bertz CT molecular complexity index is 1460. The van der Waals surface area contributed by atoms with Crippen molar-refractivity contribution in [3.05, 3.63) is 75.6 Å². The van der Waals surface area contributed by atoms with Gasteiger partial charge in [0.05, 0.1) is 19.2 Å². The molecule has 1 aliphatic heterocycles. The number of hydrogen-bond donors (Lipinski definition) is 0. The molecule has 0 bridgehead atoms.